The summed E-state index contributed by atoms with van der Waals surface area (Å²) in [6, 6.07) is 59.3. The number of para-hydroxylation sites is 5. The molecule has 0 saturated heterocycles. The minimum atomic E-state index is -0.639. The standard InChI is InChI=1S/C45H27N3O/c46-28-29-18-24-34-35-25-23-32(27-39(35)45(38(34)26-29)36-12-4-8-16-42(36)49-43-17-9-5-13-37(43)45)30-19-21-31(22-20-30)44-47-40-14-6-7-15-41(40)48(44)33-10-2-1-3-11-33/h1-27H. The summed E-state index contributed by atoms with van der Waals surface area (Å²) in [5, 5.41) is 10.0. The number of aromatic nitrogens is 2. The smallest absolute Gasteiger partial charge is 0.145 e. The lowest BCUT2D eigenvalue weighted by Gasteiger charge is -2.39. The van der Waals surface area contributed by atoms with E-state index in [1.165, 1.54) is 11.1 Å². The van der Waals surface area contributed by atoms with Crippen LogP contribution in [-0.4, -0.2) is 9.55 Å². The summed E-state index contributed by atoms with van der Waals surface area (Å²) >= 11 is 0. The van der Waals surface area contributed by atoms with Gasteiger partial charge in [0.1, 0.15) is 17.3 Å². The highest BCUT2D eigenvalue weighted by Gasteiger charge is 2.51. The lowest BCUT2D eigenvalue weighted by molar-refractivity contribution is 0.436. The Bertz CT molecular complexity index is 2600. The molecule has 1 aromatic heterocycles. The summed E-state index contributed by atoms with van der Waals surface area (Å²) < 4.78 is 8.74. The van der Waals surface area contributed by atoms with E-state index in [2.05, 4.69) is 132 Å². The fourth-order valence-electron chi connectivity index (χ4n) is 8.02. The first-order chi connectivity index (χ1) is 24.2. The summed E-state index contributed by atoms with van der Waals surface area (Å²) in [6.07, 6.45) is 0. The summed E-state index contributed by atoms with van der Waals surface area (Å²) in [5.74, 6) is 2.57. The van der Waals surface area contributed by atoms with E-state index in [1.807, 2.05) is 42.5 Å². The molecule has 0 amide bonds. The van der Waals surface area contributed by atoms with E-state index >= 15 is 0 Å². The van der Waals surface area contributed by atoms with Gasteiger partial charge in [-0.2, -0.15) is 5.26 Å². The molecule has 8 aromatic rings. The highest BCUT2D eigenvalue weighted by molar-refractivity contribution is 5.91. The maximum Gasteiger partial charge on any atom is 0.145 e. The molecule has 2 heterocycles. The molecule has 0 radical (unpaired) electrons. The second-order valence-electron chi connectivity index (χ2n) is 12.6. The van der Waals surface area contributed by atoms with Crippen LogP contribution in [0.4, 0.5) is 0 Å². The van der Waals surface area contributed by atoms with Gasteiger partial charge in [0.05, 0.1) is 28.1 Å². The SMILES string of the molecule is N#Cc1ccc2c(c1)C1(c3ccccc3Oc3ccccc31)c1cc(-c3ccc(-c4nc5ccccc5n4-c4ccccc4)cc3)ccc1-2. The molecule has 0 saturated carbocycles. The Morgan fingerprint density at radius 1 is 0.531 bits per heavy atom. The first-order valence-corrected chi connectivity index (χ1v) is 16.4. The third kappa shape index (κ3) is 3.88. The van der Waals surface area contributed by atoms with Crippen molar-refractivity contribution < 1.29 is 4.74 Å². The predicted molar refractivity (Wildman–Crippen MR) is 194 cm³/mol. The van der Waals surface area contributed by atoms with Crippen molar-refractivity contribution in [3.63, 3.8) is 0 Å². The first-order valence-electron chi connectivity index (χ1n) is 16.4. The number of nitriles is 1. The molecule has 10 rings (SSSR count). The number of nitrogens with zero attached hydrogens (tertiary/aromatic N) is 3. The maximum atomic E-state index is 10.0. The highest BCUT2D eigenvalue weighted by Crippen LogP contribution is 2.62. The first kappa shape index (κ1) is 27.4. The van der Waals surface area contributed by atoms with Crippen LogP contribution in [-0.2, 0) is 5.41 Å². The Labute approximate surface area is 283 Å². The van der Waals surface area contributed by atoms with E-state index in [0.29, 0.717) is 5.56 Å². The fourth-order valence-corrected chi connectivity index (χ4v) is 8.02. The molecule has 0 bridgehead atoms. The van der Waals surface area contributed by atoms with E-state index < -0.39 is 5.41 Å². The molecule has 1 aliphatic heterocycles. The number of fused-ring (bicyclic) bond motifs is 10. The van der Waals surface area contributed by atoms with Crippen LogP contribution in [0.5, 0.6) is 11.5 Å². The molecule has 0 atom stereocenters. The lowest BCUT2D eigenvalue weighted by atomic mass is 9.65. The van der Waals surface area contributed by atoms with Crippen molar-refractivity contribution in [2.24, 2.45) is 0 Å². The van der Waals surface area contributed by atoms with Gasteiger partial charge in [-0.05, 0) is 88.0 Å². The molecule has 49 heavy (non-hydrogen) atoms. The Balaban J connectivity index is 1.16. The van der Waals surface area contributed by atoms with Gasteiger partial charge in [-0.25, -0.2) is 4.98 Å². The Morgan fingerprint density at radius 3 is 1.86 bits per heavy atom. The Hall–Kier alpha value is -6.70. The average molecular weight is 626 g/mol. The zero-order valence-electron chi connectivity index (χ0n) is 26.3. The molecule has 0 N–H and O–H groups in total. The summed E-state index contributed by atoms with van der Waals surface area (Å²) in [4.78, 5) is 5.07. The van der Waals surface area contributed by atoms with Gasteiger partial charge in [0.25, 0.3) is 0 Å². The molecule has 4 nitrogen and oxygen atoms in total. The van der Waals surface area contributed by atoms with Crippen molar-refractivity contribution in [3.05, 3.63) is 192 Å². The van der Waals surface area contributed by atoms with Gasteiger partial charge in [0.2, 0.25) is 0 Å². The second kappa shape index (κ2) is 10.4. The normalized spacial score (nSPS) is 13.2. The fraction of sp³-hybridized carbons (Fsp3) is 0.0222. The van der Waals surface area contributed by atoms with Crippen LogP contribution in [0.25, 0.3) is 50.4 Å². The predicted octanol–water partition coefficient (Wildman–Crippen LogP) is 10.7. The Kier molecular flexibility index (Phi) is 5.82. The summed E-state index contributed by atoms with van der Waals surface area (Å²) in [5.41, 5.74) is 13.2. The van der Waals surface area contributed by atoms with Gasteiger partial charge in [0.15, 0.2) is 0 Å². The molecule has 1 spiro atoms. The van der Waals surface area contributed by atoms with Gasteiger partial charge < -0.3 is 4.74 Å². The molecular formula is C45H27N3O. The largest absolute Gasteiger partial charge is 0.457 e. The zero-order chi connectivity index (χ0) is 32.5. The van der Waals surface area contributed by atoms with Crippen molar-refractivity contribution in [1.29, 1.82) is 5.26 Å². The van der Waals surface area contributed by atoms with Gasteiger partial charge >= 0.3 is 0 Å². The van der Waals surface area contributed by atoms with Crippen LogP contribution < -0.4 is 4.74 Å². The third-order valence-corrected chi connectivity index (χ3v) is 10.1. The minimum absolute atomic E-state index is 0.639. The van der Waals surface area contributed by atoms with Crippen molar-refractivity contribution in [2.75, 3.05) is 0 Å². The van der Waals surface area contributed by atoms with Gasteiger partial charge in [-0.15, -0.1) is 0 Å². The number of hydrogen-bond donors (Lipinski definition) is 0. The van der Waals surface area contributed by atoms with E-state index in [1.54, 1.807) is 0 Å². The molecule has 1 aliphatic carbocycles. The van der Waals surface area contributed by atoms with Crippen LogP contribution in [0, 0.1) is 11.3 Å². The average Bonchev–Trinajstić information content (AvgIpc) is 3.69. The van der Waals surface area contributed by atoms with E-state index in [9.17, 15) is 5.26 Å². The van der Waals surface area contributed by atoms with Crippen molar-refractivity contribution in [3.8, 4) is 56.9 Å². The number of rotatable bonds is 3. The van der Waals surface area contributed by atoms with E-state index in [0.717, 1.165) is 73.0 Å². The van der Waals surface area contributed by atoms with Gasteiger partial charge in [0, 0.05) is 22.4 Å². The molecule has 7 aromatic carbocycles. The second-order valence-corrected chi connectivity index (χ2v) is 12.6. The quantitative estimate of drug-likeness (QED) is 0.196. The van der Waals surface area contributed by atoms with Gasteiger partial charge in [-0.3, -0.25) is 4.57 Å². The number of benzene rings is 7. The molecular weight excluding hydrogens is 599 g/mol. The third-order valence-electron chi connectivity index (χ3n) is 10.1. The van der Waals surface area contributed by atoms with Crippen LogP contribution >= 0.6 is 0 Å². The molecule has 228 valence electrons. The lowest BCUT2D eigenvalue weighted by Crippen LogP contribution is -2.32. The number of hydrogen-bond acceptors (Lipinski definition) is 3. The van der Waals surface area contributed by atoms with Gasteiger partial charge in [-0.1, -0.05) is 109 Å². The van der Waals surface area contributed by atoms with E-state index in [-0.39, 0.29) is 0 Å². The molecule has 2 aliphatic rings. The van der Waals surface area contributed by atoms with Crippen molar-refractivity contribution >= 4 is 11.0 Å². The summed E-state index contributed by atoms with van der Waals surface area (Å²) in [6.45, 7) is 0. The summed E-state index contributed by atoms with van der Waals surface area (Å²) in [7, 11) is 0. The van der Waals surface area contributed by atoms with Crippen molar-refractivity contribution in [1.82, 2.24) is 9.55 Å². The number of ether oxygens (including phenoxy) is 1. The monoisotopic (exact) mass is 625 g/mol. The zero-order valence-corrected chi connectivity index (χ0v) is 26.3. The molecule has 0 unspecified atom stereocenters. The minimum Gasteiger partial charge on any atom is -0.457 e. The van der Waals surface area contributed by atoms with E-state index in [4.69, 9.17) is 9.72 Å². The van der Waals surface area contributed by atoms with Crippen LogP contribution in [0.3, 0.4) is 0 Å². The van der Waals surface area contributed by atoms with Crippen LogP contribution in [0.2, 0.25) is 0 Å². The van der Waals surface area contributed by atoms with Crippen molar-refractivity contribution in [2.45, 2.75) is 5.41 Å². The maximum absolute atomic E-state index is 10.0. The van der Waals surface area contributed by atoms with Crippen LogP contribution in [0.1, 0.15) is 27.8 Å². The highest BCUT2D eigenvalue weighted by atomic mass is 16.5. The Morgan fingerprint density at radius 2 is 1.12 bits per heavy atom. The number of imidazole rings is 1. The molecule has 4 heteroatoms. The molecule has 0 fully saturated rings. The van der Waals surface area contributed by atoms with Crippen LogP contribution in [0.15, 0.2) is 164 Å². The topological polar surface area (TPSA) is 50.8 Å².